The maximum Gasteiger partial charge on any atom is 0.234 e. The summed E-state index contributed by atoms with van der Waals surface area (Å²) in [5, 5.41) is 14.6. The van der Waals surface area contributed by atoms with E-state index in [9.17, 15) is 4.79 Å². The lowest BCUT2D eigenvalue weighted by Gasteiger charge is -2.17. The van der Waals surface area contributed by atoms with Crippen LogP contribution in [0.1, 0.15) is 20.3 Å². The van der Waals surface area contributed by atoms with Crippen LogP contribution in [0.3, 0.4) is 0 Å². The highest BCUT2D eigenvalue weighted by Gasteiger charge is 2.11. The highest BCUT2D eigenvalue weighted by atomic mass is 16.5. The second-order valence-corrected chi connectivity index (χ2v) is 3.77. The molecule has 0 rings (SSSR count). The normalized spacial score (nSPS) is 12.9. The Morgan fingerprint density at radius 2 is 2.13 bits per heavy atom. The molecule has 0 heterocycles. The largest absolute Gasteiger partial charge is 0.396 e. The molecule has 1 unspecified atom stereocenters. The quantitative estimate of drug-likeness (QED) is 0.513. The molecule has 3 N–H and O–H groups in total. The Labute approximate surface area is 91.2 Å². The van der Waals surface area contributed by atoms with E-state index in [0.717, 1.165) is 0 Å². The number of carbonyl (C=O) groups is 1. The lowest BCUT2D eigenvalue weighted by molar-refractivity contribution is -0.121. The SMILES string of the molecule is COCC(CCO)NC(=O)CNC(C)C. The van der Waals surface area contributed by atoms with Crippen molar-refractivity contribution in [3.05, 3.63) is 0 Å². The zero-order chi connectivity index (χ0) is 11.7. The lowest BCUT2D eigenvalue weighted by atomic mass is 10.2. The van der Waals surface area contributed by atoms with Crippen LogP contribution in [0, 0.1) is 0 Å². The molecule has 1 atom stereocenters. The second kappa shape index (κ2) is 8.64. The zero-order valence-electron chi connectivity index (χ0n) is 9.75. The molecule has 0 aromatic heterocycles. The number of hydrogen-bond acceptors (Lipinski definition) is 4. The molecule has 0 aromatic rings. The van der Waals surface area contributed by atoms with Gasteiger partial charge in [0, 0.05) is 19.8 Å². The van der Waals surface area contributed by atoms with Gasteiger partial charge in [-0.2, -0.15) is 0 Å². The zero-order valence-corrected chi connectivity index (χ0v) is 9.75. The molecular formula is C10H22N2O3. The second-order valence-electron chi connectivity index (χ2n) is 3.77. The van der Waals surface area contributed by atoms with E-state index in [2.05, 4.69) is 10.6 Å². The first-order valence-corrected chi connectivity index (χ1v) is 5.22. The Morgan fingerprint density at radius 1 is 1.47 bits per heavy atom. The lowest BCUT2D eigenvalue weighted by Crippen LogP contribution is -2.44. The van der Waals surface area contributed by atoms with Crippen LogP contribution >= 0.6 is 0 Å². The topological polar surface area (TPSA) is 70.6 Å². The summed E-state index contributed by atoms with van der Waals surface area (Å²) in [6.45, 7) is 4.73. The molecule has 0 fully saturated rings. The van der Waals surface area contributed by atoms with Crippen LogP contribution in [0.15, 0.2) is 0 Å². The average Bonchev–Trinajstić information content (AvgIpc) is 2.15. The number of amides is 1. The molecule has 0 aliphatic heterocycles. The third kappa shape index (κ3) is 8.35. The van der Waals surface area contributed by atoms with Crippen LogP contribution in [-0.4, -0.2) is 50.0 Å². The summed E-state index contributed by atoms with van der Waals surface area (Å²) in [7, 11) is 1.57. The van der Waals surface area contributed by atoms with Crippen molar-refractivity contribution in [3.8, 4) is 0 Å². The standard InChI is InChI=1S/C10H22N2O3/c1-8(2)11-6-10(14)12-9(4-5-13)7-15-3/h8-9,11,13H,4-7H2,1-3H3,(H,12,14). The van der Waals surface area contributed by atoms with E-state index in [-0.39, 0.29) is 24.6 Å². The van der Waals surface area contributed by atoms with Gasteiger partial charge < -0.3 is 20.5 Å². The maximum atomic E-state index is 11.4. The molecule has 1 amide bonds. The van der Waals surface area contributed by atoms with Crippen LogP contribution in [0.5, 0.6) is 0 Å². The minimum absolute atomic E-state index is 0.0475. The summed E-state index contributed by atoms with van der Waals surface area (Å²) < 4.78 is 4.94. The van der Waals surface area contributed by atoms with Gasteiger partial charge in [0.1, 0.15) is 0 Å². The van der Waals surface area contributed by atoms with E-state index in [1.807, 2.05) is 13.8 Å². The molecule has 0 saturated heterocycles. The molecule has 0 radical (unpaired) electrons. The fourth-order valence-electron chi connectivity index (χ4n) is 1.13. The molecule has 5 nitrogen and oxygen atoms in total. The molecule has 0 aliphatic rings. The number of rotatable bonds is 8. The highest BCUT2D eigenvalue weighted by Crippen LogP contribution is 1.91. The van der Waals surface area contributed by atoms with E-state index >= 15 is 0 Å². The van der Waals surface area contributed by atoms with E-state index in [0.29, 0.717) is 19.6 Å². The third-order valence-electron chi connectivity index (χ3n) is 1.88. The summed E-state index contributed by atoms with van der Waals surface area (Å²) >= 11 is 0. The maximum absolute atomic E-state index is 11.4. The molecule has 0 spiro atoms. The van der Waals surface area contributed by atoms with Crippen molar-refractivity contribution in [2.45, 2.75) is 32.4 Å². The Morgan fingerprint density at radius 3 is 2.60 bits per heavy atom. The Kier molecular flexibility index (Phi) is 8.27. The molecule has 15 heavy (non-hydrogen) atoms. The fourth-order valence-corrected chi connectivity index (χ4v) is 1.13. The smallest absolute Gasteiger partial charge is 0.234 e. The van der Waals surface area contributed by atoms with Crippen LogP contribution in [0.4, 0.5) is 0 Å². The number of nitrogens with one attached hydrogen (secondary N) is 2. The first kappa shape index (κ1) is 14.3. The molecular weight excluding hydrogens is 196 g/mol. The van der Waals surface area contributed by atoms with Gasteiger partial charge >= 0.3 is 0 Å². The van der Waals surface area contributed by atoms with Crippen molar-refractivity contribution in [2.75, 3.05) is 26.9 Å². The van der Waals surface area contributed by atoms with Gasteiger partial charge in [0.25, 0.3) is 0 Å². The van der Waals surface area contributed by atoms with Gasteiger partial charge in [-0.05, 0) is 6.42 Å². The van der Waals surface area contributed by atoms with Crippen molar-refractivity contribution < 1.29 is 14.6 Å². The molecule has 0 saturated carbocycles. The van der Waals surface area contributed by atoms with E-state index in [4.69, 9.17) is 9.84 Å². The first-order valence-electron chi connectivity index (χ1n) is 5.22. The van der Waals surface area contributed by atoms with Gasteiger partial charge in [-0.1, -0.05) is 13.8 Å². The monoisotopic (exact) mass is 218 g/mol. The highest BCUT2D eigenvalue weighted by molar-refractivity contribution is 5.78. The number of aliphatic hydroxyl groups is 1. The predicted molar refractivity (Wildman–Crippen MR) is 58.6 cm³/mol. The molecule has 0 aliphatic carbocycles. The van der Waals surface area contributed by atoms with E-state index < -0.39 is 0 Å². The molecule has 90 valence electrons. The molecule has 5 heteroatoms. The van der Waals surface area contributed by atoms with E-state index in [1.54, 1.807) is 7.11 Å². The van der Waals surface area contributed by atoms with Gasteiger partial charge in [0.05, 0.1) is 19.2 Å². The van der Waals surface area contributed by atoms with Crippen LogP contribution in [0.25, 0.3) is 0 Å². The van der Waals surface area contributed by atoms with Gasteiger partial charge in [0.15, 0.2) is 0 Å². The van der Waals surface area contributed by atoms with Crippen molar-refractivity contribution in [3.63, 3.8) is 0 Å². The Hall–Kier alpha value is -0.650. The number of aliphatic hydroxyl groups excluding tert-OH is 1. The summed E-state index contributed by atoms with van der Waals surface area (Å²) in [5.74, 6) is -0.0702. The molecule has 0 bridgehead atoms. The van der Waals surface area contributed by atoms with Crippen molar-refractivity contribution in [1.82, 2.24) is 10.6 Å². The predicted octanol–water partition coefficient (Wildman–Crippen LogP) is -0.502. The van der Waals surface area contributed by atoms with Crippen molar-refractivity contribution >= 4 is 5.91 Å². The van der Waals surface area contributed by atoms with Crippen LogP contribution < -0.4 is 10.6 Å². The minimum atomic E-state index is -0.110. The van der Waals surface area contributed by atoms with Gasteiger partial charge in [0.2, 0.25) is 5.91 Å². The average molecular weight is 218 g/mol. The minimum Gasteiger partial charge on any atom is -0.396 e. The van der Waals surface area contributed by atoms with Gasteiger partial charge in [-0.3, -0.25) is 4.79 Å². The van der Waals surface area contributed by atoms with Gasteiger partial charge in [-0.15, -0.1) is 0 Å². The Bertz CT molecular complexity index is 168. The molecule has 0 aromatic carbocycles. The number of hydrogen-bond donors (Lipinski definition) is 3. The summed E-state index contributed by atoms with van der Waals surface area (Å²) in [6, 6.07) is 0.177. The fraction of sp³-hybridized carbons (Fsp3) is 0.900. The van der Waals surface area contributed by atoms with Crippen LogP contribution in [-0.2, 0) is 9.53 Å². The first-order chi connectivity index (χ1) is 7.10. The van der Waals surface area contributed by atoms with Crippen LogP contribution in [0.2, 0.25) is 0 Å². The van der Waals surface area contributed by atoms with Crippen molar-refractivity contribution in [1.29, 1.82) is 0 Å². The summed E-state index contributed by atoms with van der Waals surface area (Å²) in [6.07, 6.45) is 0.515. The number of ether oxygens (including phenoxy) is 1. The van der Waals surface area contributed by atoms with Gasteiger partial charge in [-0.25, -0.2) is 0 Å². The summed E-state index contributed by atoms with van der Waals surface area (Å²) in [4.78, 5) is 11.4. The summed E-state index contributed by atoms with van der Waals surface area (Å²) in [5.41, 5.74) is 0. The number of methoxy groups -OCH3 is 1. The van der Waals surface area contributed by atoms with Crippen molar-refractivity contribution in [2.24, 2.45) is 0 Å². The number of carbonyl (C=O) groups excluding carboxylic acids is 1. The Balaban J connectivity index is 3.77. The van der Waals surface area contributed by atoms with E-state index in [1.165, 1.54) is 0 Å². The third-order valence-corrected chi connectivity index (χ3v) is 1.88.